The van der Waals surface area contributed by atoms with Crippen LogP contribution in [0.3, 0.4) is 0 Å². The van der Waals surface area contributed by atoms with Crippen LogP contribution in [-0.2, 0) is 0 Å². The van der Waals surface area contributed by atoms with E-state index in [1.165, 1.54) is 0 Å². The fourth-order valence-electron chi connectivity index (χ4n) is 1.25. The summed E-state index contributed by atoms with van der Waals surface area (Å²) in [4.78, 5) is 11.2. The number of thiophene rings is 1. The summed E-state index contributed by atoms with van der Waals surface area (Å²) in [5.41, 5.74) is 0.917. The van der Waals surface area contributed by atoms with Crippen LogP contribution in [0.1, 0.15) is 31.4 Å². The SMILES string of the molecule is CCCNC(=O)NCCC(O)c1ccsc1. The molecule has 1 heterocycles. The van der Waals surface area contributed by atoms with E-state index in [1.54, 1.807) is 11.3 Å². The number of hydrogen-bond donors (Lipinski definition) is 3. The summed E-state index contributed by atoms with van der Waals surface area (Å²) in [7, 11) is 0. The Morgan fingerprint density at radius 1 is 1.50 bits per heavy atom. The lowest BCUT2D eigenvalue weighted by molar-refractivity contribution is 0.167. The minimum atomic E-state index is -0.488. The molecule has 2 amide bonds. The predicted octanol–water partition coefficient (Wildman–Crippen LogP) is 1.88. The lowest BCUT2D eigenvalue weighted by Gasteiger charge is -2.10. The topological polar surface area (TPSA) is 61.4 Å². The van der Waals surface area contributed by atoms with Crippen LogP contribution in [0.15, 0.2) is 16.8 Å². The highest BCUT2D eigenvalue weighted by Gasteiger charge is 2.07. The highest BCUT2D eigenvalue weighted by Crippen LogP contribution is 2.18. The third kappa shape index (κ3) is 4.63. The van der Waals surface area contributed by atoms with Gasteiger partial charge in [-0.1, -0.05) is 6.92 Å². The van der Waals surface area contributed by atoms with E-state index in [-0.39, 0.29) is 6.03 Å². The predicted molar refractivity (Wildman–Crippen MR) is 65.6 cm³/mol. The van der Waals surface area contributed by atoms with Crippen LogP contribution >= 0.6 is 11.3 Å². The minimum absolute atomic E-state index is 0.167. The number of aliphatic hydroxyl groups excluding tert-OH is 1. The van der Waals surface area contributed by atoms with Crippen molar-refractivity contribution in [2.45, 2.75) is 25.9 Å². The highest BCUT2D eigenvalue weighted by atomic mass is 32.1. The standard InChI is InChI=1S/C11H18N2O2S/c1-2-5-12-11(15)13-6-3-10(14)9-4-7-16-8-9/h4,7-8,10,14H,2-3,5-6H2,1H3,(H2,12,13,15). The molecule has 3 N–H and O–H groups in total. The van der Waals surface area contributed by atoms with E-state index in [1.807, 2.05) is 23.8 Å². The second kappa shape index (κ2) is 7.24. The number of rotatable bonds is 6. The van der Waals surface area contributed by atoms with Crippen LogP contribution in [0, 0.1) is 0 Å². The Balaban J connectivity index is 2.13. The molecule has 0 aliphatic rings. The normalized spacial score (nSPS) is 12.1. The van der Waals surface area contributed by atoms with E-state index in [2.05, 4.69) is 10.6 Å². The van der Waals surface area contributed by atoms with Crippen molar-refractivity contribution in [2.75, 3.05) is 13.1 Å². The summed E-state index contributed by atoms with van der Waals surface area (Å²) in [5, 5.41) is 19.0. The summed E-state index contributed by atoms with van der Waals surface area (Å²) in [6.07, 6.45) is 0.971. The monoisotopic (exact) mass is 242 g/mol. The lowest BCUT2D eigenvalue weighted by Crippen LogP contribution is -2.36. The largest absolute Gasteiger partial charge is 0.388 e. The zero-order chi connectivity index (χ0) is 11.8. The maximum absolute atomic E-state index is 11.2. The first kappa shape index (κ1) is 13.0. The van der Waals surface area contributed by atoms with Gasteiger partial charge in [-0.05, 0) is 35.2 Å². The number of hydrogen-bond acceptors (Lipinski definition) is 3. The molecule has 4 nitrogen and oxygen atoms in total. The van der Waals surface area contributed by atoms with Crippen molar-refractivity contribution in [2.24, 2.45) is 0 Å². The average molecular weight is 242 g/mol. The molecular formula is C11H18N2O2S. The van der Waals surface area contributed by atoms with E-state index in [0.29, 0.717) is 19.5 Å². The Labute approximate surface area is 99.7 Å². The van der Waals surface area contributed by atoms with Gasteiger partial charge in [-0.15, -0.1) is 0 Å². The van der Waals surface area contributed by atoms with Gasteiger partial charge in [-0.25, -0.2) is 4.79 Å². The third-order valence-electron chi connectivity index (χ3n) is 2.17. The first-order valence-electron chi connectivity index (χ1n) is 5.46. The van der Waals surface area contributed by atoms with Gasteiger partial charge in [0.25, 0.3) is 0 Å². The Kier molecular flexibility index (Phi) is 5.88. The molecule has 1 unspecified atom stereocenters. The molecule has 0 bridgehead atoms. The lowest BCUT2D eigenvalue weighted by atomic mass is 10.1. The summed E-state index contributed by atoms with van der Waals surface area (Å²) >= 11 is 1.56. The van der Waals surface area contributed by atoms with E-state index < -0.39 is 6.10 Å². The molecule has 0 spiro atoms. The van der Waals surface area contributed by atoms with E-state index >= 15 is 0 Å². The van der Waals surface area contributed by atoms with Crippen molar-refractivity contribution < 1.29 is 9.90 Å². The van der Waals surface area contributed by atoms with Gasteiger partial charge in [-0.2, -0.15) is 11.3 Å². The van der Waals surface area contributed by atoms with Gasteiger partial charge in [0, 0.05) is 13.1 Å². The van der Waals surface area contributed by atoms with Gasteiger partial charge in [0.1, 0.15) is 0 Å². The molecule has 0 radical (unpaired) electrons. The first-order valence-corrected chi connectivity index (χ1v) is 6.40. The molecule has 0 saturated heterocycles. The van der Waals surface area contributed by atoms with Crippen molar-refractivity contribution in [3.05, 3.63) is 22.4 Å². The number of aliphatic hydroxyl groups is 1. The molecule has 5 heteroatoms. The Morgan fingerprint density at radius 3 is 2.88 bits per heavy atom. The summed E-state index contributed by atoms with van der Waals surface area (Å²) in [5.74, 6) is 0. The Bertz CT molecular complexity index is 301. The maximum Gasteiger partial charge on any atom is 0.314 e. The van der Waals surface area contributed by atoms with Gasteiger partial charge in [0.2, 0.25) is 0 Å². The fourth-order valence-corrected chi connectivity index (χ4v) is 1.96. The van der Waals surface area contributed by atoms with Crippen molar-refractivity contribution in [3.63, 3.8) is 0 Å². The molecule has 16 heavy (non-hydrogen) atoms. The third-order valence-corrected chi connectivity index (χ3v) is 2.87. The van der Waals surface area contributed by atoms with Gasteiger partial charge in [0.05, 0.1) is 6.10 Å². The number of amides is 2. The zero-order valence-corrected chi connectivity index (χ0v) is 10.2. The molecule has 90 valence electrons. The highest BCUT2D eigenvalue weighted by molar-refractivity contribution is 7.07. The summed E-state index contributed by atoms with van der Waals surface area (Å²) in [6, 6.07) is 1.73. The van der Waals surface area contributed by atoms with Crippen LogP contribution in [0.5, 0.6) is 0 Å². The summed E-state index contributed by atoms with van der Waals surface area (Å²) in [6.45, 7) is 3.16. The second-order valence-electron chi connectivity index (χ2n) is 3.54. The molecule has 0 aromatic carbocycles. The Morgan fingerprint density at radius 2 is 2.25 bits per heavy atom. The quantitative estimate of drug-likeness (QED) is 0.713. The first-order chi connectivity index (χ1) is 7.74. The van der Waals surface area contributed by atoms with E-state index in [9.17, 15) is 9.90 Å². The van der Waals surface area contributed by atoms with Crippen molar-refractivity contribution in [1.29, 1.82) is 0 Å². The van der Waals surface area contributed by atoms with E-state index in [0.717, 1.165) is 12.0 Å². The van der Waals surface area contributed by atoms with Gasteiger partial charge >= 0.3 is 6.03 Å². The van der Waals surface area contributed by atoms with Gasteiger partial charge in [0.15, 0.2) is 0 Å². The second-order valence-corrected chi connectivity index (χ2v) is 4.32. The Hall–Kier alpha value is -1.07. The smallest absolute Gasteiger partial charge is 0.314 e. The van der Waals surface area contributed by atoms with Crippen LogP contribution in [0.25, 0.3) is 0 Å². The summed E-state index contributed by atoms with van der Waals surface area (Å²) < 4.78 is 0. The van der Waals surface area contributed by atoms with Crippen LogP contribution in [-0.4, -0.2) is 24.2 Å². The van der Waals surface area contributed by atoms with Crippen molar-refractivity contribution in [1.82, 2.24) is 10.6 Å². The molecule has 0 aliphatic heterocycles. The minimum Gasteiger partial charge on any atom is -0.388 e. The molecular weight excluding hydrogens is 224 g/mol. The van der Waals surface area contributed by atoms with Crippen LogP contribution < -0.4 is 10.6 Å². The molecule has 0 aliphatic carbocycles. The molecule has 1 atom stereocenters. The number of nitrogens with one attached hydrogen (secondary N) is 2. The molecule has 0 fully saturated rings. The number of carbonyl (C=O) groups excluding carboxylic acids is 1. The zero-order valence-electron chi connectivity index (χ0n) is 9.40. The van der Waals surface area contributed by atoms with Crippen molar-refractivity contribution >= 4 is 17.4 Å². The number of urea groups is 1. The van der Waals surface area contributed by atoms with Crippen molar-refractivity contribution in [3.8, 4) is 0 Å². The fraction of sp³-hybridized carbons (Fsp3) is 0.545. The van der Waals surface area contributed by atoms with E-state index in [4.69, 9.17) is 0 Å². The molecule has 0 saturated carbocycles. The molecule has 1 rings (SSSR count). The molecule has 1 aromatic heterocycles. The molecule has 1 aromatic rings. The van der Waals surface area contributed by atoms with Crippen LogP contribution in [0.2, 0.25) is 0 Å². The average Bonchev–Trinajstić information content (AvgIpc) is 2.79. The number of carbonyl (C=O) groups is 1. The van der Waals surface area contributed by atoms with Gasteiger partial charge < -0.3 is 15.7 Å². The van der Waals surface area contributed by atoms with Gasteiger partial charge in [-0.3, -0.25) is 0 Å². The van der Waals surface area contributed by atoms with Crippen LogP contribution in [0.4, 0.5) is 4.79 Å². The maximum atomic E-state index is 11.2.